The van der Waals surface area contributed by atoms with Gasteiger partial charge in [0.25, 0.3) is 5.91 Å². The highest BCUT2D eigenvalue weighted by Gasteiger charge is 2.14. The number of nitro groups is 1. The summed E-state index contributed by atoms with van der Waals surface area (Å²) < 4.78 is 17.4. The van der Waals surface area contributed by atoms with Gasteiger partial charge in [0.1, 0.15) is 18.2 Å². The van der Waals surface area contributed by atoms with Gasteiger partial charge in [0.15, 0.2) is 5.82 Å². The van der Waals surface area contributed by atoms with Crippen molar-refractivity contribution >= 4 is 33.3 Å². The summed E-state index contributed by atoms with van der Waals surface area (Å²) >= 11 is 3.36. The molecule has 2 aromatic carbocycles. The Morgan fingerprint density at radius 1 is 1.09 bits per heavy atom. The van der Waals surface area contributed by atoms with Crippen molar-refractivity contribution in [2.24, 2.45) is 0 Å². The van der Waals surface area contributed by atoms with Crippen LogP contribution in [0.1, 0.15) is 21.5 Å². The molecule has 1 amide bonds. The Morgan fingerprint density at radius 3 is 2.53 bits per heavy atom. The van der Waals surface area contributed by atoms with Gasteiger partial charge < -0.3 is 5.32 Å². The number of nitrogens with one attached hydrogen (secondary N) is 1. The van der Waals surface area contributed by atoms with Crippen LogP contribution in [-0.2, 0) is 13.1 Å². The van der Waals surface area contributed by atoms with E-state index in [1.807, 2.05) is 0 Å². The molecule has 0 unspecified atom stereocenters. The molecule has 2 heterocycles. The summed E-state index contributed by atoms with van der Waals surface area (Å²) in [6.07, 6.45) is 4.19. The van der Waals surface area contributed by atoms with Crippen molar-refractivity contribution in [1.29, 1.82) is 0 Å². The van der Waals surface area contributed by atoms with Crippen molar-refractivity contribution in [1.82, 2.24) is 19.6 Å². The molecule has 4 aromatic rings. The average molecular weight is 499 g/mol. The Hall–Kier alpha value is -3.86. The van der Waals surface area contributed by atoms with Gasteiger partial charge >= 0.3 is 5.69 Å². The molecule has 1 N–H and O–H groups in total. The van der Waals surface area contributed by atoms with E-state index in [9.17, 15) is 19.3 Å². The Balaban J connectivity index is 1.41. The Morgan fingerprint density at radius 2 is 1.84 bits per heavy atom. The van der Waals surface area contributed by atoms with Gasteiger partial charge in [-0.1, -0.05) is 30.3 Å². The number of hydrogen-bond acceptors (Lipinski definition) is 5. The highest BCUT2D eigenvalue weighted by Crippen LogP contribution is 2.22. The van der Waals surface area contributed by atoms with Crippen LogP contribution in [0.25, 0.3) is 0 Å². The van der Waals surface area contributed by atoms with E-state index in [1.165, 1.54) is 27.8 Å². The van der Waals surface area contributed by atoms with Gasteiger partial charge in [-0.05, 0) is 39.7 Å². The van der Waals surface area contributed by atoms with Crippen molar-refractivity contribution in [3.63, 3.8) is 0 Å². The van der Waals surface area contributed by atoms with Crippen LogP contribution in [0.15, 0.2) is 71.6 Å². The number of halogens is 2. The minimum absolute atomic E-state index is 0.0824. The van der Waals surface area contributed by atoms with E-state index < -0.39 is 4.92 Å². The van der Waals surface area contributed by atoms with Gasteiger partial charge in [-0.25, -0.2) is 4.39 Å². The number of amides is 1. The van der Waals surface area contributed by atoms with Crippen LogP contribution in [0.4, 0.5) is 15.9 Å². The number of carbonyl (C=O) groups excluding carboxylic acids is 1. The van der Waals surface area contributed by atoms with E-state index in [1.54, 1.807) is 48.7 Å². The third-order valence-corrected chi connectivity index (χ3v) is 5.21. The van der Waals surface area contributed by atoms with Crippen LogP contribution in [0.3, 0.4) is 0 Å². The van der Waals surface area contributed by atoms with Crippen LogP contribution in [0.2, 0.25) is 0 Å². The molecule has 162 valence electrons. The molecule has 0 bridgehead atoms. The quantitative estimate of drug-likeness (QED) is 0.302. The Labute approximate surface area is 189 Å². The first-order valence-corrected chi connectivity index (χ1v) is 10.2. The second kappa shape index (κ2) is 9.10. The zero-order chi connectivity index (χ0) is 22.7. The number of anilines is 1. The van der Waals surface area contributed by atoms with Gasteiger partial charge in [0, 0.05) is 17.3 Å². The second-order valence-corrected chi connectivity index (χ2v) is 7.77. The van der Waals surface area contributed by atoms with Crippen molar-refractivity contribution in [3.05, 3.63) is 104 Å². The van der Waals surface area contributed by atoms with Crippen molar-refractivity contribution in [2.45, 2.75) is 13.1 Å². The highest BCUT2D eigenvalue weighted by atomic mass is 79.9. The first-order chi connectivity index (χ1) is 15.4. The van der Waals surface area contributed by atoms with Crippen LogP contribution in [0.5, 0.6) is 0 Å². The molecule has 0 saturated heterocycles. The maximum atomic E-state index is 13.9. The molecule has 11 heteroatoms. The zero-order valence-electron chi connectivity index (χ0n) is 16.5. The zero-order valence-corrected chi connectivity index (χ0v) is 18.1. The van der Waals surface area contributed by atoms with Crippen molar-refractivity contribution in [2.75, 3.05) is 5.32 Å². The molecule has 0 saturated carbocycles. The first kappa shape index (κ1) is 21.4. The first-order valence-electron chi connectivity index (χ1n) is 9.42. The fourth-order valence-corrected chi connectivity index (χ4v) is 3.44. The maximum Gasteiger partial charge on any atom is 0.307 e. The van der Waals surface area contributed by atoms with Crippen LogP contribution >= 0.6 is 15.9 Å². The summed E-state index contributed by atoms with van der Waals surface area (Å²) in [4.78, 5) is 22.8. The monoisotopic (exact) mass is 498 g/mol. The van der Waals surface area contributed by atoms with Gasteiger partial charge in [0.05, 0.1) is 22.5 Å². The van der Waals surface area contributed by atoms with Crippen molar-refractivity contribution < 1.29 is 14.1 Å². The predicted octanol–water partition coefficient (Wildman–Crippen LogP) is 4.24. The molecule has 0 fully saturated rings. The molecular formula is C21H16BrFN6O3. The standard InChI is InChI=1S/C21H16BrFN6O3/c22-18-13-28(11-16-3-1-2-4-19(16)23)26-20(18)25-21(30)15-7-5-14(6-8-15)10-27-12-17(9-24-27)29(31)32/h1-9,12-13H,10-11H2,(H,25,26,30). The lowest BCUT2D eigenvalue weighted by Gasteiger charge is -2.06. The van der Waals surface area contributed by atoms with E-state index in [0.717, 1.165) is 5.56 Å². The Bertz CT molecular complexity index is 1280. The minimum Gasteiger partial charge on any atom is -0.304 e. The fourth-order valence-electron chi connectivity index (χ4n) is 3.03. The molecule has 0 aliphatic heterocycles. The topological polar surface area (TPSA) is 108 Å². The van der Waals surface area contributed by atoms with Crippen molar-refractivity contribution in [3.8, 4) is 0 Å². The summed E-state index contributed by atoms with van der Waals surface area (Å²) in [5.74, 6) is -0.364. The SMILES string of the molecule is O=C(Nc1nn(Cc2ccccc2F)cc1Br)c1ccc(Cn2cc([N+](=O)[O-])cn2)cc1. The number of aromatic nitrogens is 4. The minimum atomic E-state index is -0.507. The van der Waals surface area contributed by atoms with Gasteiger partial charge in [-0.15, -0.1) is 0 Å². The lowest BCUT2D eigenvalue weighted by molar-refractivity contribution is -0.385. The predicted molar refractivity (Wildman–Crippen MR) is 118 cm³/mol. The second-order valence-electron chi connectivity index (χ2n) is 6.92. The number of carbonyl (C=O) groups is 1. The highest BCUT2D eigenvalue weighted by molar-refractivity contribution is 9.10. The number of nitrogens with zero attached hydrogens (tertiary/aromatic N) is 5. The lowest BCUT2D eigenvalue weighted by Crippen LogP contribution is -2.13. The number of rotatable bonds is 7. The number of benzene rings is 2. The van der Waals surface area contributed by atoms with Gasteiger partial charge in [-0.3, -0.25) is 24.3 Å². The van der Waals surface area contributed by atoms with E-state index in [0.29, 0.717) is 28.0 Å². The third kappa shape index (κ3) is 4.89. The lowest BCUT2D eigenvalue weighted by atomic mass is 10.1. The molecule has 0 aliphatic carbocycles. The van der Waals surface area contributed by atoms with E-state index in [-0.39, 0.29) is 24.0 Å². The molecule has 32 heavy (non-hydrogen) atoms. The fraction of sp³-hybridized carbons (Fsp3) is 0.0952. The van der Waals surface area contributed by atoms with Crippen LogP contribution < -0.4 is 5.32 Å². The summed E-state index contributed by atoms with van der Waals surface area (Å²) in [6, 6.07) is 13.2. The summed E-state index contributed by atoms with van der Waals surface area (Å²) in [6.45, 7) is 0.559. The molecule has 0 spiro atoms. The average Bonchev–Trinajstić information content (AvgIpc) is 3.37. The summed E-state index contributed by atoms with van der Waals surface area (Å²) in [7, 11) is 0. The molecule has 2 aromatic heterocycles. The maximum absolute atomic E-state index is 13.9. The van der Waals surface area contributed by atoms with Crippen LogP contribution in [-0.4, -0.2) is 30.4 Å². The number of hydrogen-bond donors (Lipinski definition) is 1. The molecule has 0 aliphatic rings. The summed E-state index contributed by atoms with van der Waals surface area (Å²) in [5.41, 5.74) is 1.64. The summed E-state index contributed by atoms with van der Waals surface area (Å²) in [5, 5.41) is 21.7. The molecular weight excluding hydrogens is 483 g/mol. The van der Waals surface area contributed by atoms with Gasteiger partial charge in [0.2, 0.25) is 0 Å². The molecule has 9 nitrogen and oxygen atoms in total. The van der Waals surface area contributed by atoms with E-state index in [4.69, 9.17) is 0 Å². The Kier molecular flexibility index (Phi) is 6.08. The van der Waals surface area contributed by atoms with Gasteiger partial charge in [-0.2, -0.15) is 10.2 Å². The molecule has 0 atom stereocenters. The van der Waals surface area contributed by atoms with Crippen LogP contribution in [0, 0.1) is 15.9 Å². The molecule has 0 radical (unpaired) electrons. The largest absolute Gasteiger partial charge is 0.307 e. The van der Waals surface area contributed by atoms with E-state index in [2.05, 4.69) is 31.4 Å². The molecule has 4 rings (SSSR count). The van der Waals surface area contributed by atoms with E-state index >= 15 is 0 Å². The third-order valence-electron chi connectivity index (χ3n) is 4.63. The normalized spacial score (nSPS) is 10.8. The smallest absolute Gasteiger partial charge is 0.304 e.